The summed E-state index contributed by atoms with van der Waals surface area (Å²) in [6, 6.07) is 0. The lowest BCUT2D eigenvalue weighted by Gasteiger charge is -2.37. The Balaban J connectivity index is 2.29. The van der Waals surface area contributed by atoms with E-state index >= 15 is 0 Å². The van der Waals surface area contributed by atoms with Gasteiger partial charge in [-0.1, -0.05) is 0 Å². The van der Waals surface area contributed by atoms with E-state index in [1.165, 1.54) is 0 Å². The van der Waals surface area contributed by atoms with Gasteiger partial charge in [0.2, 0.25) is 0 Å². The van der Waals surface area contributed by atoms with Crippen LogP contribution in [0.4, 0.5) is 0 Å². The van der Waals surface area contributed by atoms with E-state index in [9.17, 15) is 10.2 Å². The molecule has 0 spiro atoms. The van der Waals surface area contributed by atoms with Crippen molar-refractivity contribution in [3.63, 3.8) is 0 Å². The van der Waals surface area contributed by atoms with E-state index in [4.69, 9.17) is 9.47 Å². The number of aliphatic hydroxyl groups is 2. The van der Waals surface area contributed by atoms with E-state index in [-0.39, 0.29) is 17.7 Å². The summed E-state index contributed by atoms with van der Waals surface area (Å²) in [6.07, 6.45) is 0.989. The first kappa shape index (κ1) is 15.9. The van der Waals surface area contributed by atoms with Gasteiger partial charge in [0, 0.05) is 25.3 Å². The number of nitrogens with one attached hydrogen (secondary N) is 1. The second kappa shape index (κ2) is 6.82. The predicted molar refractivity (Wildman–Crippen MR) is 69.6 cm³/mol. The molecule has 1 rings (SSSR count). The van der Waals surface area contributed by atoms with E-state index in [0.29, 0.717) is 26.4 Å². The summed E-state index contributed by atoms with van der Waals surface area (Å²) >= 11 is 0. The number of hydrogen-bond donors (Lipinski definition) is 3. The number of rotatable bonds is 6. The molecule has 1 unspecified atom stereocenters. The van der Waals surface area contributed by atoms with Gasteiger partial charge < -0.3 is 25.0 Å². The quantitative estimate of drug-likeness (QED) is 0.641. The zero-order chi connectivity index (χ0) is 13.6. The van der Waals surface area contributed by atoms with Gasteiger partial charge in [-0.25, -0.2) is 0 Å². The summed E-state index contributed by atoms with van der Waals surface area (Å²) in [7, 11) is 0. The first-order chi connectivity index (χ1) is 8.37. The van der Waals surface area contributed by atoms with Gasteiger partial charge >= 0.3 is 0 Å². The highest BCUT2D eigenvalue weighted by atomic mass is 16.5. The summed E-state index contributed by atoms with van der Waals surface area (Å²) in [5, 5.41) is 22.6. The average Bonchev–Trinajstić information content (AvgIpc) is 2.34. The molecule has 0 aromatic heterocycles. The van der Waals surface area contributed by atoms with Gasteiger partial charge in [-0.3, -0.25) is 0 Å². The molecule has 18 heavy (non-hydrogen) atoms. The van der Waals surface area contributed by atoms with Crippen molar-refractivity contribution in [1.82, 2.24) is 5.32 Å². The summed E-state index contributed by atoms with van der Waals surface area (Å²) in [6.45, 7) is 7.99. The molecule has 0 aromatic carbocycles. The molecule has 1 atom stereocenters. The average molecular weight is 261 g/mol. The van der Waals surface area contributed by atoms with Gasteiger partial charge in [0.1, 0.15) is 0 Å². The maximum Gasteiger partial charge on any atom is 0.0898 e. The van der Waals surface area contributed by atoms with Crippen LogP contribution in [0.5, 0.6) is 0 Å². The van der Waals surface area contributed by atoms with Gasteiger partial charge in [-0.2, -0.15) is 0 Å². The van der Waals surface area contributed by atoms with Crippen molar-refractivity contribution in [2.75, 3.05) is 33.0 Å². The SMILES string of the molecule is CC(C)(C)OCC(O)CNC1(CO)CCOCC1. The van der Waals surface area contributed by atoms with E-state index in [2.05, 4.69) is 5.32 Å². The fourth-order valence-corrected chi connectivity index (χ4v) is 1.89. The van der Waals surface area contributed by atoms with Gasteiger partial charge in [0.25, 0.3) is 0 Å². The van der Waals surface area contributed by atoms with Crippen LogP contribution in [0, 0.1) is 0 Å². The van der Waals surface area contributed by atoms with E-state index in [1.807, 2.05) is 20.8 Å². The molecule has 5 heteroatoms. The van der Waals surface area contributed by atoms with Crippen molar-refractivity contribution < 1.29 is 19.7 Å². The molecule has 0 aliphatic carbocycles. The second-order valence-corrected chi connectivity index (χ2v) is 6.01. The Hall–Kier alpha value is -0.200. The Morgan fingerprint density at radius 3 is 2.44 bits per heavy atom. The lowest BCUT2D eigenvalue weighted by molar-refractivity contribution is -0.0535. The van der Waals surface area contributed by atoms with Crippen LogP contribution >= 0.6 is 0 Å². The molecule has 0 saturated carbocycles. The van der Waals surface area contributed by atoms with Gasteiger partial charge in [-0.05, 0) is 33.6 Å². The zero-order valence-corrected chi connectivity index (χ0v) is 11.7. The van der Waals surface area contributed by atoms with Crippen molar-refractivity contribution in [3.8, 4) is 0 Å². The number of β-amino-alcohol motifs (C(OH)–C–C–N with tert-alkyl or cyclic N) is 1. The highest BCUT2D eigenvalue weighted by Crippen LogP contribution is 2.19. The van der Waals surface area contributed by atoms with Gasteiger partial charge in [-0.15, -0.1) is 0 Å². The summed E-state index contributed by atoms with van der Waals surface area (Å²) in [4.78, 5) is 0. The smallest absolute Gasteiger partial charge is 0.0898 e. The number of aliphatic hydroxyl groups excluding tert-OH is 2. The fraction of sp³-hybridized carbons (Fsp3) is 1.00. The molecule has 0 radical (unpaired) electrons. The molecular formula is C13H27NO4. The predicted octanol–water partition coefficient (Wildman–Crippen LogP) is 0.293. The van der Waals surface area contributed by atoms with Crippen LogP contribution in [0.3, 0.4) is 0 Å². The summed E-state index contributed by atoms with van der Waals surface area (Å²) < 4.78 is 10.8. The minimum absolute atomic E-state index is 0.0726. The fourth-order valence-electron chi connectivity index (χ4n) is 1.89. The Bertz CT molecular complexity index is 234. The Kier molecular flexibility index (Phi) is 6.01. The third-order valence-electron chi connectivity index (χ3n) is 3.17. The normalized spacial score (nSPS) is 21.8. The highest BCUT2D eigenvalue weighted by Gasteiger charge is 2.31. The Labute approximate surface area is 109 Å². The standard InChI is InChI=1S/C13H27NO4/c1-12(2,3)18-9-11(16)8-14-13(10-15)4-6-17-7-5-13/h11,14-16H,4-10H2,1-3H3. The maximum absolute atomic E-state index is 9.85. The third-order valence-corrected chi connectivity index (χ3v) is 3.17. The molecule has 1 aliphatic heterocycles. The molecule has 108 valence electrons. The number of hydrogen-bond acceptors (Lipinski definition) is 5. The van der Waals surface area contributed by atoms with Crippen LogP contribution in [0.15, 0.2) is 0 Å². The van der Waals surface area contributed by atoms with Gasteiger partial charge in [0.05, 0.1) is 24.9 Å². The van der Waals surface area contributed by atoms with Crippen molar-refractivity contribution in [3.05, 3.63) is 0 Å². The first-order valence-electron chi connectivity index (χ1n) is 6.63. The molecule has 5 nitrogen and oxygen atoms in total. The monoisotopic (exact) mass is 261 g/mol. The largest absolute Gasteiger partial charge is 0.394 e. The molecule has 3 N–H and O–H groups in total. The summed E-state index contributed by atoms with van der Waals surface area (Å²) in [5.74, 6) is 0. The molecule has 1 aliphatic rings. The zero-order valence-electron chi connectivity index (χ0n) is 11.7. The molecule has 1 heterocycles. The molecule has 0 aromatic rings. The molecule has 0 bridgehead atoms. The van der Waals surface area contributed by atoms with Gasteiger partial charge in [0.15, 0.2) is 0 Å². The second-order valence-electron chi connectivity index (χ2n) is 6.01. The highest BCUT2D eigenvalue weighted by molar-refractivity contribution is 4.90. The van der Waals surface area contributed by atoms with Crippen LogP contribution in [0.25, 0.3) is 0 Å². The maximum atomic E-state index is 9.85. The number of ether oxygens (including phenoxy) is 2. The van der Waals surface area contributed by atoms with Crippen LogP contribution in [0.2, 0.25) is 0 Å². The minimum Gasteiger partial charge on any atom is -0.394 e. The molecular weight excluding hydrogens is 234 g/mol. The van der Waals surface area contributed by atoms with E-state index in [0.717, 1.165) is 12.8 Å². The Morgan fingerprint density at radius 2 is 1.94 bits per heavy atom. The van der Waals surface area contributed by atoms with Crippen LogP contribution in [-0.2, 0) is 9.47 Å². The third kappa shape index (κ3) is 5.63. The van der Waals surface area contributed by atoms with Crippen molar-refractivity contribution in [2.24, 2.45) is 0 Å². The molecule has 0 amide bonds. The molecule has 1 fully saturated rings. The van der Waals surface area contributed by atoms with E-state index in [1.54, 1.807) is 0 Å². The van der Waals surface area contributed by atoms with Crippen molar-refractivity contribution in [1.29, 1.82) is 0 Å². The van der Waals surface area contributed by atoms with Crippen LogP contribution < -0.4 is 5.32 Å². The topological polar surface area (TPSA) is 71.0 Å². The van der Waals surface area contributed by atoms with Crippen molar-refractivity contribution in [2.45, 2.75) is 50.9 Å². The lowest BCUT2D eigenvalue weighted by atomic mass is 9.91. The minimum atomic E-state index is -0.560. The molecule has 1 saturated heterocycles. The van der Waals surface area contributed by atoms with Crippen molar-refractivity contribution >= 4 is 0 Å². The van der Waals surface area contributed by atoms with E-state index < -0.39 is 6.10 Å². The Morgan fingerprint density at radius 1 is 1.33 bits per heavy atom. The lowest BCUT2D eigenvalue weighted by Crippen LogP contribution is -2.54. The van der Waals surface area contributed by atoms with Crippen LogP contribution in [-0.4, -0.2) is 60.4 Å². The summed E-state index contributed by atoms with van der Waals surface area (Å²) in [5.41, 5.74) is -0.546. The first-order valence-corrected chi connectivity index (χ1v) is 6.63. The van der Waals surface area contributed by atoms with Crippen LogP contribution in [0.1, 0.15) is 33.6 Å².